The summed E-state index contributed by atoms with van der Waals surface area (Å²) >= 11 is 4.90. The number of rotatable bonds is 4. The summed E-state index contributed by atoms with van der Waals surface area (Å²) in [4.78, 5) is 0. The zero-order chi connectivity index (χ0) is 8.15. The van der Waals surface area contributed by atoms with Gasteiger partial charge in [0, 0.05) is 0 Å². The van der Waals surface area contributed by atoms with Gasteiger partial charge in [-0.2, -0.15) is 0 Å². The van der Waals surface area contributed by atoms with E-state index in [9.17, 15) is 0 Å². The first-order chi connectivity index (χ1) is 4.57. The van der Waals surface area contributed by atoms with Crippen molar-refractivity contribution in [2.45, 2.75) is 20.3 Å². The van der Waals surface area contributed by atoms with Gasteiger partial charge in [-0.15, -0.1) is 0 Å². The van der Waals surface area contributed by atoms with Crippen molar-refractivity contribution in [1.82, 2.24) is 0 Å². The quantitative estimate of drug-likeness (QED) is 0.425. The third-order valence-electron chi connectivity index (χ3n) is 1.12. The van der Waals surface area contributed by atoms with E-state index in [-0.39, 0.29) is 0 Å². The van der Waals surface area contributed by atoms with Crippen molar-refractivity contribution in [2.24, 2.45) is 5.92 Å². The Labute approximate surface area is 95.4 Å². The molecule has 0 N–H and O–H groups in total. The molecule has 0 bridgehead atoms. The van der Waals surface area contributed by atoms with E-state index in [0.717, 1.165) is 5.92 Å². The van der Waals surface area contributed by atoms with Crippen molar-refractivity contribution in [2.75, 3.05) is 0 Å². The standard InChI is InChI=1S/C7H10.3W/c1-4-5-6-7(2)3;;;/h1,7H,5H2,2-3H3;;;. The van der Waals surface area contributed by atoms with Crippen LogP contribution < -0.4 is 0 Å². The van der Waals surface area contributed by atoms with Crippen molar-refractivity contribution in [3.63, 3.8) is 0 Å². The molecule has 0 amide bonds. The molecule has 0 nitrogen and oxygen atoms in total. The minimum absolute atomic E-state index is 0.791. The van der Waals surface area contributed by atoms with Gasteiger partial charge in [0.25, 0.3) is 0 Å². The van der Waals surface area contributed by atoms with Crippen molar-refractivity contribution in [1.29, 1.82) is 0 Å². The molecule has 0 aromatic carbocycles. The Hall–Kier alpha value is 1.67. The Kier molecular flexibility index (Phi) is 7.26. The predicted octanol–water partition coefficient (Wildman–Crippen LogP) is 0.820. The maximum absolute atomic E-state index is 2.32. The Morgan fingerprint density at radius 1 is 1.40 bits per heavy atom. The fourth-order valence-corrected chi connectivity index (χ4v) is 3.26. The molecule has 0 fully saturated rings. The SMILES string of the molecule is CC(C)[C](=[W])C[C](=[W])[CH]=[W]. The first-order valence-electron chi connectivity index (χ1n) is 3.08. The molecule has 0 saturated carbocycles. The molecule has 0 aromatic heterocycles. The van der Waals surface area contributed by atoms with Gasteiger partial charge in [-0.3, -0.25) is 0 Å². The molecular formula is C7H10W3. The summed E-state index contributed by atoms with van der Waals surface area (Å²) in [6.07, 6.45) is 1.27. The van der Waals surface area contributed by atoms with E-state index in [1.165, 1.54) is 6.42 Å². The van der Waals surface area contributed by atoms with Crippen LogP contribution in [0.3, 0.4) is 0 Å². The van der Waals surface area contributed by atoms with E-state index >= 15 is 0 Å². The molecule has 0 atom stereocenters. The summed E-state index contributed by atoms with van der Waals surface area (Å²) in [6.45, 7) is 4.57. The summed E-state index contributed by atoms with van der Waals surface area (Å²) in [6, 6.07) is 0. The number of hydrogen-bond donors (Lipinski definition) is 0. The Morgan fingerprint density at radius 3 is 2.20 bits per heavy atom. The Bertz CT molecular complexity index is 158. The van der Waals surface area contributed by atoms with Crippen LogP contribution in [0.4, 0.5) is 0 Å². The Balaban J connectivity index is 3.80. The van der Waals surface area contributed by atoms with Crippen molar-refractivity contribution < 1.29 is 58.1 Å². The third kappa shape index (κ3) is 5.34. The normalized spacial score (nSPS) is 9.50. The van der Waals surface area contributed by atoms with Gasteiger partial charge in [0.15, 0.2) is 0 Å². The van der Waals surface area contributed by atoms with Gasteiger partial charge in [0.1, 0.15) is 0 Å². The molecule has 0 saturated heterocycles. The fourth-order valence-electron chi connectivity index (χ4n) is 0.418. The molecule has 0 aliphatic heterocycles. The van der Waals surface area contributed by atoms with Gasteiger partial charge < -0.3 is 0 Å². The van der Waals surface area contributed by atoms with Crippen molar-refractivity contribution >= 4 is 12.2 Å². The second kappa shape index (κ2) is 6.22. The van der Waals surface area contributed by atoms with Crippen molar-refractivity contribution in [3.8, 4) is 0 Å². The van der Waals surface area contributed by atoms with Gasteiger partial charge in [0.2, 0.25) is 0 Å². The van der Waals surface area contributed by atoms with Crippen LogP contribution in [-0.4, -0.2) is 12.2 Å². The van der Waals surface area contributed by atoms with E-state index in [2.05, 4.69) is 18.2 Å². The molecule has 0 radical (unpaired) electrons. The molecule has 3 heteroatoms. The summed E-state index contributed by atoms with van der Waals surface area (Å²) < 4.78 is 5.64. The molecule has 0 unspecified atom stereocenters. The van der Waals surface area contributed by atoms with Crippen molar-refractivity contribution in [3.05, 3.63) is 0 Å². The number of hydrogen-bond acceptors (Lipinski definition) is 0. The molecule has 56 valence electrons. The summed E-state index contributed by atoms with van der Waals surface area (Å²) in [5.74, 6) is 0.791. The van der Waals surface area contributed by atoms with Crippen LogP contribution in [0.2, 0.25) is 0 Å². The van der Waals surface area contributed by atoms with Crippen LogP contribution in [0.25, 0.3) is 0 Å². The van der Waals surface area contributed by atoms with E-state index in [0.29, 0.717) is 0 Å². The topological polar surface area (TPSA) is 0 Å². The molecule has 0 aliphatic rings. The van der Waals surface area contributed by atoms with Crippen LogP contribution >= 0.6 is 0 Å². The monoisotopic (exact) mass is 646 g/mol. The van der Waals surface area contributed by atoms with Gasteiger partial charge in [-0.05, 0) is 0 Å². The van der Waals surface area contributed by atoms with Gasteiger partial charge in [-0.1, -0.05) is 0 Å². The van der Waals surface area contributed by atoms with Gasteiger partial charge in [0.05, 0.1) is 0 Å². The molecule has 0 heterocycles. The van der Waals surface area contributed by atoms with E-state index in [1.54, 1.807) is 65.9 Å². The van der Waals surface area contributed by atoms with E-state index in [1.807, 2.05) is 0 Å². The van der Waals surface area contributed by atoms with Gasteiger partial charge >= 0.3 is 96.4 Å². The van der Waals surface area contributed by atoms with Crippen LogP contribution in [0.1, 0.15) is 20.3 Å². The van der Waals surface area contributed by atoms with Crippen LogP contribution in [-0.2, 0) is 58.1 Å². The molecule has 0 spiro atoms. The maximum atomic E-state index is 2.32. The fraction of sp³-hybridized carbons (Fsp3) is 0.571. The average molecular weight is 646 g/mol. The minimum atomic E-state index is 0.791. The summed E-state index contributed by atoms with van der Waals surface area (Å²) in [7, 11) is 0. The van der Waals surface area contributed by atoms with E-state index < -0.39 is 0 Å². The zero-order valence-corrected chi connectivity index (χ0v) is 14.9. The second-order valence-electron chi connectivity index (χ2n) is 2.38. The molecule has 0 aliphatic carbocycles. The summed E-state index contributed by atoms with van der Waals surface area (Å²) in [5, 5.41) is 0. The first-order valence-corrected chi connectivity index (χ1v) is 7.71. The summed E-state index contributed by atoms with van der Waals surface area (Å²) in [5.41, 5.74) is 0. The molecule has 0 rings (SSSR count). The van der Waals surface area contributed by atoms with E-state index in [4.69, 9.17) is 0 Å². The molecular weight excluding hydrogens is 636 g/mol. The molecule has 0 aromatic rings. The van der Waals surface area contributed by atoms with Crippen LogP contribution in [0, 0.1) is 5.92 Å². The molecule has 10 heavy (non-hydrogen) atoms. The zero-order valence-electron chi connectivity index (χ0n) is 6.09. The first kappa shape index (κ1) is 11.7. The van der Waals surface area contributed by atoms with Crippen LogP contribution in [0.5, 0.6) is 0 Å². The Morgan fingerprint density at radius 2 is 1.90 bits per heavy atom. The van der Waals surface area contributed by atoms with Gasteiger partial charge in [-0.25, -0.2) is 0 Å². The second-order valence-corrected chi connectivity index (χ2v) is 7.00. The third-order valence-corrected chi connectivity index (χ3v) is 7.63. The van der Waals surface area contributed by atoms with Crippen LogP contribution in [0.15, 0.2) is 0 Å². The average Bonchev–Trinajstić information content (AvgIpc) is 1.87. The predicted molar refractivity (Wildman–Crippen MR) is 35.5 cm³/mol.